The number of imide groups is 2. The fourth-order valence-corrected chi connectivity index (χ4v) is 6.26. The number of anilines is 1. The van der Waals surface area contributed by atoms with Crippen molar-refractivity contribution in [3.63, 3.8) is 0 Å². The van der Waals surface area contributed by atoms with Gasteiger partial charge in [0, 0.05) is 37.7 Å². The van der Waals surface area contributed by atoms with Crippen molar-refractivity contribution in [3.05, 3.63) is 89.0 Å². The Morgan fingerprint density at radius 1 is 0.787 bits per heavy atom. The van der Waals surface area contributed by atoms with Crippen LogP contribution in [0, 0.1) is 0 Å². The van der Waals surface area contributed by atoms with Gasteiger partial charge in [-0.05, 0) is 47.2 Å². The first-order chi connectivity index (χ1) is 22.9. The molecule has 1 atom stereocenters. The van der Waals surface area contributed by atoms with E-state index in [9.17, 15) is 24.0 Å². The Morgan fingerprint density at radius 2 is 1.47 bits per heavy atom. The van der Waals surface area contributed by atoms with Gasteiger partial charge in [-0.3, -0.25) is 29.4 Å². The zero-order valence-corrected chi connectivity index (χ0v) is 25.8. The van der Waals surface area contributed by atoms with E-state index in [1.807, 2.05) is 24.3 Å². The van der Waals surface area contributed by atoms with Crippen molar-refractivity contribution in [2.24, 2.45) is 0 Å². The van der Waals surface area contributed by atoms with Gasteiger partial charge in [-0.25, -0.2) is 4.79 Å². The molecular weight excluding hydrogens is 604 g/mol. The van der Waals surface area contributed by atoms with Gasteiger partial charge in [-0.15, -0.1) is 0 Å². The number of amides is 5. The van der Waals surface area contributed by atoms with Gasteiger partial charge >= 0.3 is 6.09 Å². The number of hydrogen-bond acceptors (Lipinski definition) is 9. The summed E-state index contributed by atoms with van der Waals surface area (Å²) in [7, 11) is 0. The van der Waals surface area contributed by atoms with Crippen LogP contribution in [0.4, 0.5) is 10.5 Å². The topological polar surface area (TPSA) is 152 Å². The predicted octanol–water partition coefficient (Wildman–Crippen LogP) is 3.46. The van der Waals surface area contributed by atoms with E-state index >= 15 is 0 Å². The highest BCUT2D eigenvalue weighted by molar-refractivity contribution is 6.25. The fourth-order valence-electron chi connectivity index (χ4n) is 6.26. The summed E-state index contributed by atoms with van der Waals surface area (Å²) >= 11 is 0. The van der Waals surface area contributed by atoms with E-state index in [1.54, 1.807) is 18.2 Å². The first kappa shape index (κ1) is 31.9. The monoisotopic (exact) mass is 640 g/mol. The quantitative estimate of drug-likeness (QED) is 0.178. The predicted molar refractivity (Wildman–Crippen MR) is 171 cm³/mol. The number of carbonyl (C=O) groups is 5. The molecule has 0 bridgehead atoms. The van der Waals surface area contributed by atoms with E-state index in [-0.39, 0.29) is 36.5 Å². The normalized spacial score (nSPS) is 16.9. The van der Waals surface area contributed by atoms with Crippen molar-refractivity contribution in [2.75, 3.05) is 51.4 Å². The van der Waals surface area contributed by atoms with Gasteiger partial charge in [0.15, 0.2) is 0 Å². The highest BCUT2D eigenvalue weighted by Crippen LogP contribution is 2.44. The van der Waals surface area contributed by atoms with Crippen LogP contribution in [-0.4, -0.2) is 86.8 Å². The van der Waals surface area contributed by atoms with Crippen LogP contribution < -0.4 is 16.0 Å². The van der Waals surface area contributed by atoms with Crippen molar-refractivity contribution in [3.8, 4) is 11.1 Å². The third kappa shape index (κ3) is 6.88. The molecule has 12 heteroatoms. The second kappa shape index (κ2) is 14.6. The number of hydrogen-bond donors (Lipinski definition) is 3. The van der Waals surface area contributed by atoms with Gasteiger partial charge in [-0.1, -0.05) is 54.6 Å². The maximum Gasteiger partial charge on any atom is 0.407 e. The first-order valence-corrected chi connectivity index (χ1v) is 15.8. The molecule has 1 aliphatic carbocycles. The molecule has 1 saturated heterocycles. The zero-order chi connectivity index (χ0) is 32.8. The standard InChI is InChI=1S/C35H36N4O8/c40-30-14-13-29(32(41)38-30)39-33(42)26-11-5-12-28(31(26)34(39)43)36-16-18-46-20-19-45-17-6-15-37-35(44)47-21-27-24-9-3-1-7-22(24)23-8-2-4-10-25(23)27/h1-5,7-12,27,29,36H,6,13-21H2,(H,37,44)(H,38,40,41). The van der Waals surface area contributed by atoms with Gasteiger partial charge in [0.25, 0.3) is 11.8 Å². The summed E-state index contributed by atoms with van der Waals surface area (Å²) in [4.78, 5) is 63.2. The highest BCUT2D eigenvalue weighted by Gasteiger charge is 2.45. The lowest BCUT2D eigenvalue weighted by Crippen LogP contribution is -2.54. The Labute approximate surface area is 271 Å². The Kier molecular flexibility index (Phi) is 9.89. The molecule has 5 amide bonds. The van der Waals surface area contributed by atoms with E-state index in [0.717, 1.165) is 4.90 Å². The Balaban J connectivity index is 0.835. The number of benzene rings is 3. The molecule has 1 unspecified atom stereocenters. The minimum absolute atomic E-state index is 0.0160. The third-order valence-corrected chi connectivity index (χ3v) is 8.48. The maximum atomic E-state index is 13.2. The Morgan fingerprint density at radius 3 is 2.19 bits per heavy atom. The van der Waals surface area contributed by atoms with Crippen LogP contribution in [-0.2, 0) is 23.8 Å². The summed E-state index contributed by atoms with van der Waals surface area (Å²) in [6.45, 7) is 2.57. The summed E-state index contributed by atoms with van der Waals surface area (Å²) in [5.74, 6) is -2.16. The largest absolute Gasteiger partial charge is 0.449 e. The van der Waals surface area contributed by atoms with Crippen LogP contribution in [0.3, 0.4) is 0 Å². The van der Waals surface area contributed by atoms with Gasteiger partial charge in [0.1, 0.15) is 12.6 Å². The summed E-state index contributed by atoms with van der Waals surface area (Å²) in [6, 6.07) is 20.3. The number of alkyl carbamates (subject to hydrolysis) is 1. The molecule has 3 aliphatic rings. The molecule has 3 aromatic rings. The molecule has 3 aromatic carbocycles. The average molecular weight is 641 g/mol. The fraction of sp³-hybridized carbons (Fsp3) is 0.343. The van der Waals surface area contributed by atoms with Gasteiger partial charge in [0.05, 0.1) is 30.9 Å². The second-order valence-corrected chi connectivity index (χ2v) is 11.4. The molecule has 0 aromatic heterocycles. The molecule has 2 heterocycles. The smallest absolute Gasteiger partial charge is 0.407 e. The van der Waals surface area contributed by atoms with Crippen molar-refractivity contribution in [1.29, 1.82) is 0 Å². The van der Waals surface area contributed by atoms with E-state index in [4.69, 9.17) is 14.2 Å². The Bertz CT molecular complexity index is 1650. The molecule has 244 valence electrons. The van der Waals surface area contributed by atoms with E-state index < -0.39 is 35.8 Å². The third-order valence-electron chi connectivity index (χ3n) is 8.48. The summed E-state index contributed by atoms with van der Waals surface area (Å²) < 4.78 is 16.8. The minimum atomic E-state index is -1.01. The van der Waals surface area contributed by atoms with Crippen LogP contribution in [0.2, 0.25) is 0 Å². The molecule has 3 N–H and O–H groups in total. The zero-order valence-electron chi connectivity index (χ0n) is 25.8. The van der Waals surface area contributed by atoms with Crippen molar-refractivity contribution < 1.29 is 38.2 Å². The van der Waals surface area contributed by atoms with Crippen LogP contribution in [0.1, 0.15) is 57.0 Å². The molecule has 0 saturated carbocycles. The van der Waals surface area contributed by atoms with Crippen LogP contribution in [0.15, 0.2) is 66.7 Å². The number of carbonyl (C=O) groups excluding carboxylic acids is 5. The van der Waals surface area contributed by atoms with Crippen molar-refractivity contribution in [1.82, 2.24) is 15.5 Å². The number of fused-ring (bicyclic) bond motifs is 4. The van der Waals surface area contributed by atoms with Gasteiger partial charge in [0.2, 0.25) is 11.8 Å². The van der Waals surface area contributed by atoms with Crippen LogP contribution >= 0.6 is 0 Å². The number of ether oxygens (including phenoxy) is 3. The van der Waals surface area contributed by atoms with Gasteiger partial charge in [-0.2, -0.15) is 0 Å². The molecule has 2 aliphatic heterocycles. The number of piperidine rings is 1. The molecule has 0 radical (unpaired) electrons. The summed E-state index contributed by atoms with van der Waals surface area (Å²) in [5, 5.41) is 8.10. The maximum absolute atomic E-state index is 13.2. The molecule has 0 spiro atoms. The van der Waals surface area contributed by atoms with Crippen molar-refractivity contribution >= 4 is 35.4 Å². The molecule has 1 fully saturated rings. The van der Waals surface area contributed by atoms with E-state index in [0.29, 0.717) is 51.6 Å². The van der Waals surface area contributed by atoms with Crippen LogP contribution in [0.5, 0.6) is 0 Å². The average Bonchev–Trinajstić information content (AvgIpc) is 3.53. The molecule has 12 nitrogen and oxygen atoms in total. The van der Waals surface area contributed by atoms with E-state index in [1.165, 1.54) is 22.3 Å². The van der Waals surface area contributed by atoms with Crippen LogP contribution in [0.25, 0.3) is 11.1 Å². The lowest BCUT2D eigenvalue weighted by molar-refractivity contribution is -0.136. The van der Waals surface area contributed by atoms with Crippen molar-refractivity contribution in [2.45, 2.75) is 31.2 Å². The number of rotatable bonds is 14. The van der Waals surface area contributed by atoms with E-state index in [2.05, 4.69) is 40.2 Å². The molecule has 47 heavy (non-hydrogen) atoms. The summed E-state index contributed by atoms with van der Waals surface area (Å²) in [6.07, 6.45) is 0.326. The lowest BCUT2D eigenvalue weighted by atomic mass is 9.98. The highest BCUT2D eigenvalue weighted by atomic mass is 16.5. The first-order valence-electron chi connectivity index (χ1n) is 15.8. The molecular formula is C35H36N4O8. The summed E-state index contributed by atoms with van der Waals surface area (Å²) in [5.41, 5.74) is 5.60. The Hall–Kier alpha value is -5.07. The lowest BCUT2D eigenvalue weighted by Gasteiger charge is -2.27. The SMILES string of the molecule is O=C1CCC(N2C(=O)c3cccc(NCCOCCOCCCNC(=O)OCC4c5ccccc5-c5ccccc54)c3C2=O)C(=O)N1. The number of nitrogens with one attached hydrogen (secondary N) is 3. The molecule has 6 rings (SSSR count). The van der Waals surface area contributed by atoms with Gasteiger partial charge < -0.3 is 24.8 Å². The number of nitrogens with zero attached hydrogens (tertiary/aromatic N) is 1. The minimum Gasteiger partial charge on any atom is -0.449 e. The second-order valence-electron chi connectivity index (χ2n) is 11.4.